The standard InChI is InChI=1S/C17H15BrN4O2S/c1-19-14(23)9-22-6-5-20-16(22)17-21-15-11-3-2-10(18)8-12(11)24-7-4-13(15)25-17/h2-3,5-6,8H,4,7,9H2,1H3,(H,19,23). The molecule has 0 aliphatic carbocycles. The number of hydrogen-bond donors (Lipinski definition) is 1. The Balaban J connectivity index is 1.77. The van der Waals surface area contributed by atoms with E-state index in [1.165, 1.54) is 4.88 Å². The van der Waals surface area contributed by atoms with Gasteiger partial charge in [-0.15, -0.1) is 11.3 Å². The summed E-state index contributed by atoms with van der Waals surface area (Å²) in [6.45, 7) is 0.841. The maximum absolute atomic E-state index is 11.7. The van der Waals surface area contributed by atoms with Gasteiger partial charge in [0.1, 0.15) is 12.3 Å². The highest BCUT2D eigenvalue weighted by molar-refractivity contribution is 9.10. The minimum atomic E-state index is -0.0686. The molecule has 6 nitrogen and oxygen atoms in total. The first-order valence-corrected chi connectivity index (χ1v) is 9.41. The number of carbonyl (C=O) groups is 1. The molecule has 4 rings (SSSR count). The number of hydrogen-bond acceptors (Lipinski definition) is 5. The highest BCUT2D eigenvalue weighted by Gasteiger charge is 2.22. The van der Waals surface area contributed by atoms with Gasteiger partial charge in [0.25, 0.3) is 0 Å². The van der Waals surface area contributed by atoms with Crippen molar-refractivity contribution < 1.29 is 9.53 Å². The van der Waals surface area contributed by atoms with Crippen molar-refractivity contribution in [1.82, 2.24) is 19.9 Å². The van der Waals surface area contributed by atoms with E-state index in [2.05, 4.69) is 26.2 Å². The molecule has 8 heteroatoms. The van der Waals surface area contributed by atoms with Crippen molar-refractivity contribution in [2.45, 2.75) is 13.0 Å². The Labute approximate surface area is 157 Å². The first-order chi connectivity index (χ1) is 12.2. The zero-order valence-corrected chi connectivity index (χ0v) is 15.9. The van der Waals surface area contributed by atoms with E-state index < -0.39 is 0 Å². The molecule has 3 aromatic rings. The van der Waals surface area contributed by atoms with Gasteiger partial charge in [-0.1, -0.05) is 15.9 Å². The van der Waals surface area contributed by atoms with E-state index in [0.29, 0.717) is 12.4 Å². The lowest BCUT2D eigenvalue weighted by Gasteiger charge is -2.07. The summed E-state index contributed by atoms with van der Waals surface area (Å²) in [5.41, 5.74) is 1.93. The second-order valence-electron chi connectivity index (χ2n) is 5.58. The molecular formula is C17H15BrN4O2S. The van der Waals surface area contributed by atoms with Gasteiger partial charge in [0, 0.05) is 40.8 Å². The number of halogens is 1. The summed E-state index contributed by atoms with van der Waals surface area (Å²) in [5.74, 6) is 1.47. The number of rotatable bonds is 3. The summed E-state index contributed by atoms with van der Waals surface area (Å²) in [5, 5.41) is 3.45. The maximum atomic E-state index is 11.7. The molecule has 1 N–H and O–H groups in total. The second kappa shape index (κ2) is 6.61. The summed E-state index contributed by atoms with van der Waals surface area (Å²) in [6.07, 6.45) is 4.29. The van der Waals surface area contributed by atoms with Crippen molar-refractivity contribution in [2.24, 2.45) is 0 Å². The van der Waals surface area contributed by atoms with E-state index in [1.807, 2.05) is 22.8 Å². The summed E-state index contributed by atoms with van der Waals surface area (Å²) >= 11 is 5.09. The van der Waals surface area contributed by atoms with Crippen molar-refractivity contribution in [1.29, 1.82) is 0 Å². The molecule has 25 heavy (non-hydrogen) atoms. The van der Waals surface area contributed by atoms with Gasteiger partial charge in [-0.3, -0.25) is 4.79 Å². The predicted octanol–water partition coefficient (Wildman–Crippen LogP) is 3.12. The molecule has 3 heterocycles. The molecule has 0 saturated heterocycles. The van der Waals surface area contributed by atoms with Crippen molar-refractivity contribution in [3.63, 3.8) is 0 Å². The molecule has 128 valence electrons. The number of thiazole rings is 1. The summed E-state index contributed by atoms with van der Waals surface area (Å²) in [7, 11) is 1.62. The number of carbonyl (C=O) groups excluding carboxylic acids is 1. The number of imidazole rings is 1. The smallest absolute Gasteiger partial charge is 0.239 e. The normalized spacial score (nSPS) is 12.7. The van der Waals surface area contributed by atoms with E-state index in [4.69, 9.17) is 9.72 Å². The van der Waals surface area contributed by atoms with Gasteiger partial charge in [0.15, 0.2) is 10.8 Å². The molecule has 0 bridgehead atoms. The molecule has 0 spiro atoms. The zero-order valence-electron chi connectivity index (χ0n) is 13.5. The van der Waals surface area contributed by atoms with Crippen LogP contribution in [0.2, 0.25) is 0 Å². The number of fused-ring (bicyclic) bond motifs is 3. The number of nitrogens with one attached hydrogen (secondary N) is 1. The topological polar surface area (TPSA) is 69.0 Å². The van der Waals surface area contributed by atoms with Crippen LogP contribution >= 0.6 is 27.3 Å². The highest BCUT2D eigenvalue weighted by Crippen LogP contribution is 2.40. The van der Waals surface area contributed by atoms with E-state index in [-0.39, 0.29) is 12.5 Å². The quantitative estimate of drug-likeness (QED) is 0.709. The Kier molecular flexibility index (Phi) is 4.30. The van der Waals surface area contributed by atoms with Crippen LogP contribution in [0.4, 0.5) is 0 Å². The fraction of sp³-hybridized carbons (Fsp3) is 0.235. The van der Waals surface area contributed by atoms with Crippen molar-refractivity contribution in [2.75, 3.05) is 13.7 Å². The number of benzene rings is 1. The molecule has 0 fully saturated rings. The Morgan fingerprint density at radius 2 is 2.36 bits per heavy atom. The predicted molar refractivity (Wildman–Crippen MR) is 99.7 cm³/mol. The first-order valence-electron chi connectivity index (χ1n) is 7.80. The lowest BCUT2D eigenvalue weighted by Crippen LogP contribution is -2.23. The van der Waals surface area contributed by atoms with Crippen LogP contribution in [0, 0.1) is 0 Å². The van der Waals surface area contributed by atoms with Crippen molar-refractivity contribution in [3.8, 4) is 27.8 Å². The highest BCUT2D eigenvalue weighted by atomic mass is 79.9. The minimum absolute atomic E-state index is 0.0686. The molecule has 2 aromatic heterocycles. The molecule has 1 aromatic carbocycles. The van der Waals surface area contributed by atoms with Gasteiger partial charge in [-0.2, -0.15) is 0 Å². The Morgan fingerprint density at radius 1 is 1.48 bits per heavy atom. The summed E-state index contributed by atoms with van der Waals surface area (Å²) in [6, 6.07) is 5.98. The van der Waals surface area contributed by atoms with Crippen LogP contribution in [-0.4, -0.2) is 34.1 Å². The molecule has 1 amide bonds. The third kappa shape index (κ3) is 3.07. The molecule has 0 atom stereocenters. The minimum Gasteiger partial charge on any atom is -0.492 e. The van der Waals surface area contributed by atoms with Gasteiger partial charge in [0.05, 0.1) is 12.3 Å². The average molecular weight is 419 g/mol. The fourth-order valence-electron chi connectivity index (χ4n) is 2.76. The van der Waals surface area contributed by atoms with Crippen LogP contribution < -0.4 is 10.1 Å². The monoisotopic (exact) mass is 418 g/mol. The van der Waals surface area contributed by atoms with Crippen LogP contribution in [0.5, 0.6) is 5.75 Å². The largest absolute Gasteiger partial charge is 0.492 e. The fourth-order valence-corrected chi connectivity index (χ4v) is 4.17. The Morgan fingerprint density at radius 3 is 3.20 bits per heavy atom. The van der Waals surface area contributed by atoms with Crippen LogP contribution in [-0.2, 0) is 17.8 Å². The second-order valence-corrected chi connectivity index (χ2v) is 7.58. The van der Waals surface area contributed by atoms with Crippen LogP contribution in [0.1, 0.15) is 4.88 Å². The number of ether oxygens (including phenoxy) is 1. The van der Waals surface area contributed by atoms with E-state index in [0.717, 1.165) is 32.9 Å². The molecule has 1 aliphatic rings. The van der Waals surface area contributed by atoms with Gasteiger partial charge >= 0.3 is 0 Å². The summed E-state index contributed by atoms with van der Waals surface area (Å²) < 4.78 is 8.65. The number of nitrogens with zero attached hydrogens (tertiary/aromatic N) is 3. The molecule has 1 aliphatic heterocycles. The van der Waals surface area contributed by atoms with Gasteiger partial charge in [-0.25, -0.2) is 9.97 Å². The molecule has 0 saturated carbocycles. The molecule has 0 unspecified atom stereocenters. The Bertz CT molecular complexity index is 950. The SMILES string of the molecule is CNC(=O)Cn1ccnc1-c1nc2c(s1)CCOc1cc(Br)ccc1-2. The molecule has 0 radical (unpaired) electrons. The lowest BCUT2D eigenvalue weighted by atomic mass is 10.1. The third-order valence-corrected chi connectivity index (χ3v) is 5.59. The van der Waals surface area contributed by atoms with E-state index >= 15 is 0 Å². The average Bonchev–Trinajstić information content (AvgIpc) is 3.18. The van der Waals surface area contributed by atoms with Gasteiger partial charge < -0.3 is 14.6 Å². The maximum Gasteiger partial charge on any atom is 0.239 e. The van der Waals surface area contributed by atoms with E-state index in [1.54, 1.807) is 30.8 Å². The van der Waals surface area contributed by atoms with Gasteiger partial charge in [-0.05, 0) is 18.2 Å². The van der Waals surface area contributed by atoms with Crippen LogP contribution in [0.15, 0.2) is 35.1 Å². The summed E-state index contributed by atoms with van der Waals surface area (Å²) in [4.78, 5) is 22.1. The van der Waals surface area contributed by atoms with Gasteiger partial charge in [0.2, 0.25) is 5.91 Å². The lowest BCUT2D eigenvalue weighted by molar-refractivity contribution is -0.121. The number of amides is 1. The van der Waals surface area contributed by atoms with Crippen LogP contribution in [0.3, 0.4) is 0 Å². The van der Waals surface area contributed by atoms with Crippen molar-refractivity contribution in [3.05, 3.63) is 39.9 Å². The zero-order chi connectivity index (χ0) is 17.4. The van der Waals surface area contributed by atoms with Crippen molar-refractivity contribution >= 4 is 33.2 Å². The number of likely N-dealkylation sites (N-methyl/N-ethyl adjacent to an activating group) is 1. The van der Waals surface area contributed by atoms with Crippen LogP contribution in [0.25, 0.3) is 22.1 Å². The Hall–Kier alpha value is -2.19. The number of aromatic nitrogens is 3. The molecular weight excluding hydrogens is 404 g/mol. The first kappa shape index (κ1) is 16.3. The third-order valence-electron chi connectivity index (χ3n) is 3.98. The van der Waals surface area contributed by atoms with E-state index in [9.17, 15) is 4.79 Å².